The van der Waals surface area contributed by atoms with Crippen molar-refractivity contribution < 1.29 is 18.7 Å². The van der Waals surface area contributed by atoms with Crippen LogP contribution in [0.5, 0.6) is 5.75 Å². The minimum atomic E-state index is -0.687. The minimum absolute atomic E-state index is 0.123. The quantitative estimate of drug-likeness (QED) is 0.747. The average Bonchev–Trinajstić information content (AvgIpc) is 3.07. The summed E-state index contributed by atoms with van der Waals surface area (Å²) in [6.07, 6.45) is 1.17. The smallest absolute Gasteiger partial charge is 0.272 e. The van der Waals surface area contributed by atoms with Crippen LogP contribution in [-0.4, -0.2) is 54.3 Å². The van der Waals surface area contributed by atoms with Crippen LogP contribution in [0, 0.1) is 5.82 Å². The molecule has 0 saturated carbocycles. The highest BCUT2D eigenvalue weighted by molar-refractivity contribution is 6.46. The Balaban J connectivity index is 1.36. The number of carbonyl (C=O) groups is 2. The molecule has 1 fully saturated rings. The summed E-state index contributed by atoms with van der Waals surface area (Å²) in [5.74, 6) is -0.170. The largest absolute Gasteiger partial charge is 0.492 e. The Hall–Kier alpha value is -3.26. The molecule has 2 heterocycles. The van der Waals surface area contributed by atoms with Crippen LogP contribution in [0.2, 0.25) is 0 Å². The van der Waals surface area contributed by atoms with Crippen molar-refractivity contribution in [2.45, 2.75) is 25.4 Å². The lowest BCUT2D eigenvalue weighted by Crippen LogP contribution is -2.52. The fraction of sp³-hybridized carbons (Fsp3) is 0.348. The fourth-order valence-electron chi connectivity index (χ4n) is 3.96. The van der Waals surface area contributed by atoms with Crippen LogP contribution in [0.25, 0.3) is 0 Å². The van der Waals surface area contributed by atoms with E-state index in [1.165, 1.54) is 12.1 Å². The van der Waals surface area contributed by atoms with Gasteiger partial charge in [0.1, 0.15) is 22.9 Å². The van der Waals surface area contributed by atoms with Gasteiger partial charge in [0.15, 0.2) is 0 Å². The molecule has 2 aliphatic rings. The summed E-state index contributed by atoms with van der Waals surface area (Å²) in [6.45, 7) is 3.88. The van der Waals surface area contributed by atoms with Gasteiger partial charge >= 0.3 is 0 Å². The van der Waals surface area contributed by atoms with Gasteiger partial charge in [0, 0.05) is 31.5 Å². The number of carbonyl (C=O) groups excluding carboxylic acids is 2. The van der Waals surface area contributed by atoms with Gasteiger partial charge in [-0.15, -0.1) is 0 Å². The molecule has 0 radical (unpaired) electrons. The lowest BCUT2D eigenvalue weighted by molar-refractivity contribution is -0.119. The minimum Gasteiger partial charge on any atom is -0.492 e. The second-order valence-corrected chi connectivity index (χ2v) is 7.71. The summed E-state index contributed by atoms with van der Waals surface area (Å²) in [7, 11) is 0. The molecule has 2 N–H and O–H groups in total. The first-order valence-electron chi connectivity index (χ1n) is 10.4. The van der Waals surface area contributed by atoms with E-state index < -0.39 is 11.5 Å². The van der Waals surface area contributed by atoms with Gasteiger partial charge in [-0.3, -0.25) is 19.5 Å². The third-order valence-corrected chi connectivity index (χ3v) is 5.50. The molecule has 31 heavy (non-hydrogen) atoms. The molecule has 4 rings (SSSR count). The van der Waals surface area contributed by atoms with Crippen molar-refractivity contribution in [1.29, 1.82) is 0 Å². The van der Waals surface area contributed by atoms with Crippen LogP contribution in [0.4, 0.5) is 10.1 Å². The first-order valence-corrected chi connectivity index (χ1v) is 10.4. The van der Waals surface area contributed by atoms with Crippen LogP contribution in [0.1, 0.15) is 25.3 Å². The van der Waals surface area contributed by atoms with Crippen LogP contribution < -0.4 is 15.4 Å². The monoisotopic (exact) mass is 424 g/mol. The molecule has 0 unspecified atom stereocenters. The van der Waals surface area contributed by atoms with Crippen molar-refractivity contribution >= 4 is 23.2 Å². The number of piperidine rings is 1. The number of likely N-dealkylation sites (tertiary alicyclic amines) is 1. The van der Waals surface area contributed by atoms with Crippen molar-refractivity contribution in [3.05, 3.63) is 59.9 Å². The number of nitrogens with zero attached hydrogens (tertiary/aromatic N) is 2. The van der Waals surface area contributed by atoms with Gasteiger partial charge in [0.2, 0.25) is 5.91 Å². The number of hydrogen-bond donors (Lipinski definition) is 2. The molecule has 8 heteroatoms. The molecule has 1 spiro atoms. The van der Waals surface area contributed by atoms with E-state index in [0.717, 1.165) is 0 Å². The van der Waals surface area contributed by atoms with Crippen LogP contribution in [0.15, 0.2) is 53.5 Å². The van der Waals surface area contributed by atoms with Crippen LogP contribution in [0.3, 0.4) is 0 Å². The van der Waals surface area contributed by atoms with Gasteiger partial charge in [0.25, 0.3) is 5.91 Å². The molecule has 1 saturated heterocycles. The van der Waals surface area contributed by atoms with E-state index in [1.54, 1.807) is 12.1 Å². The highest BCUT2D eigenvalue weighted by Crippen LogP contribution is 2.29. The summed E-state index contributed by atoms with van der Waals surface area (Å²) in [5, 5.41) is 5.87. The molecule has 0 bridgehead atoms. The summed E-state index contributed by atoms with van der Waals surface area (Å²) >= 11 is 0. The Morgan fingerprint density at radius 1 is 1.23 bits per heavy atom. The molecule has 7 nitrogen and oxygen atoms in total. The Morgan fingerprint density at radius 2 is 2.00 bits per heavy atom. The van der Waals surface area contributed by atoms with Crippen molar-refractivity contribution in [2.24, 2.45) is 4.99 Å². The Kier molecular flexibility index (Phi) is 5.99. The average molecular weight is 424 g/mol. The first-order chi connectivity index (χ1) is 15.0. The molecule has 0 aromatic heterocycles. The molecule has 2 amide bonds. The van der Waals surface area contributed by atoms with E-state index in [2.05, 4.69) is 15.6 Å². The maximum absolute atomic E-state index is 13.5. The molecule has 2 aromatic rings. The lowest BCUT2D eigenvalue weighted by Gasteiger charge is -2.36. The third-order valence-electron chi connectivity index (χ3n) is 5.50. The van der Waals surface area contributed by atoms with Crippen molar-refractivity contribution in [1.82, 2.24) is 10.2 Å². The second kappa shape index (κ2) is 8.85. The zero-order valence-electron chi connectivity index (χ0n) is 17.4. The topological polar surface area (TPSA) is 83.0 Å². The summed E-state index contributed by atoms with van der Waals surface area (Å²) in [6, 6.07) is 13.2. The number of nitrogens with one attached hydrogen (secondary N) is 2. The molecular weight excluding hydrogens is 399 g/mol. The molecule has 2 aliphatic heterocycles. The maximum Gasteiger partial charge on any atom is 0.272 e. The summed E-state index contributed by atoms with van der Waals surface area (Å²) in [5.41, 5.74) is 0.699. The number of para-hydroxylation sites is 2. The lowest BCUT2D eigenvalue weighted by atomic mass is 9.98. The van der Waals surface area contributed by atoms with E-state index in [4.69, 9.17) is 4.74 Å². The number of hydrogen-bond acceptors (Lipinski definition) is 5. The van der Waals surface area contributed by atoms with E-state index in [-0.39, 0.29) is 24.1 Å². The van der Waals surface area contributed by atoms with Gasteiger partial charge in [-0.1, -0.05) is 24.3 Å². The number of rotatable bonds is 6. The van der Waals surface area contributed by atoms with Gasteiger partial charge in [-0.25, -0.2) is 4.39 Å². The predicted molar refractivity (Wildman–Crippen MR) is 116 cm³/mol. The first kappa shape index (κ1) is 21.0. The van der Waals surface area contributed by atoms with E-state index in [0.29, 0.717) is 49.5 Å². The van der Waals surface area contributed by atoms with Gasteiger partial charge in [-0.05, 0) is 31.2 Å². The number of aliphatic imine (C=N–C) groups is 1. The zero-order chi connectivity index (χ0) is 21.8. The van der Waals surface area contributed by atoms with E-state index in [1.807, 2.05) is 36.1 Å². The molecule has 2 aromatic carbocycles. The highest BCUT2D eigenvalue weighted by atomic mass is 19.1. The highest BCUT2D eigenvalue weighted by Gasteiger charge is 2.42. The third kappa shape index (κ3) is 4.74. The molecule has 0 atom stereocenters. The van der Waals surface area contributed by atoms with E-state index in [9.17, 15) is 14.0 Å². The van der Waals surface area contributed by atoms with Gasteiger partial charge in [-0.2, -0.15) is 0 Å². The Morgan fingerprint density at radius 3 is 2.74 bits per heavy atom. The Bertz CT molecular complexity index is 1020. The Labute approximate surface area is 180 Å². The number of anilines is 1. The molecule has 0 aliphatic carbocycles. The normalized spacial score (nSPS) is 17.9. The number of benzene rings is 2. The van der Waals surface area contributed by atoms with Crippen LogP contribution in [-0.2, 0) is 9.59 Å². The molecule has 162 valence electrons. The van der Waals surface area contributed by atoms with Gasteiger partial charge in [0.05, 0.1) is 18.8 Å². The number of amides is 2. The molecular formula is C23H25FN4O3. The zero-order valence-corrected chi connectivity index (χ0v) is 17.4. The van der Waals surface area contributed by atoms with E-state index >= 15 is 0 Å². The SMILES string of the molecule is CCOc1ccccc1NC(=O)CN1CCC2(CC1)N=C(c1cccc(F)c1)C(=O)N2. The van der Waals surface area contributed by atoms with Gasteiger partial charge < -0.3 is 15.4 Å². The standard InChI is InChI=1S/C23H25FN4O3/c1-2-31-19-9-4-3-8-18(19)25-20(29)15-28-12-10-23(11-13-28)26-21(22(30)27-23)16-6-5-7-17(24)14-16/h3-9,14H,2,10-13,15H2,1H3,(H,25,29)(H,27,30). The van der Waals surface area contributed by atoms with Crippen LogP contribution >= 0.6 is 0 Å². The van der Waals surface area contributed by atoms with Crippen molar-refractivity contribution in [3.8, 4) is 5.75 Å². The summed E-state index contributed by atoms with van der Waals surface area (Å²) < 4.78 is 19.1. The number of halogens is 1. The number of ether oxygens (including phenoxy) is 1. The predicted octanol–water partition coefficient (Wildman–Crippen LogP) is 2.57. The summed E-state index contributed by atoms with van der Waals surface area (Å²) in [4.78, 5) is 31.6. The second-order valence-electron chi connectivity index (χ2n) is 7.71. The van der Waals surface area contributed by atoms with Crippen molar-refractivity contribution in [3.63, 3.8) is 0 Å². The fourth-order valence-corrected chi connectivity index (χ4v) is 3.96. The van der Waals surface area contributed by atoms with Crippen molar-refractivity contribution in [2.75, 3.05) is 31.6 Å². The maximum atomic E-state index is 13.5.